The van der Waals surface area contributed by atoms with Crippen molar-refractivity contribution in [2.24, 2.45) is 5.92 Å². The number of nitrogens with zero attached hydrogens (tertiary/aromatic N) is 1. The molecule has 1 saturated heterocycles. The molecule has 3 atom stereocenters. The number of rotatable bonds is 5. The van der Waals surface area contributed by atoms with E-state index in [4.69, 9.17) is 4.74 Å². The largest absolute Gasteiger partial charge is 0.480 e. The van der Waals surface area contributed by atoms with Crippen LogP contribution in [0, 0.1) is 5.92 Å². The number of piperidine rings is 1. The molecule has 1 saturated carbocycles. The van der Waals surface area contributed by atoms with Crippen LogP contribution in [0.2, 0.25) is 0 Å². The van der Waals surface area contributed by atoms with Crippen LogP contribution in [0.5, 0.6) is 0 Å². The van der Waals surface area contributed by atoms with Gasteiger partial charge in [0, 0.05) is 18.5 Å². The van der Waals surface area contributed by atoms with Gasteiger partial charge in [-0.15, -0.1) is 0 Å². The van der Waals surface area contributed by atoms with Crippen LogP contribution >= 0.6 is 0 Å². The number of amides is 2. The van der Waals surface area contributed by atoms with Crippen molar-refractivity contribution in [1.82, 2.24) is 10.2 Å². The fourth-order valence-electron chi connectivity index (χ4n) is 5.88. The van der Waals surface area contributed by atoms with Gasteiger partial charge in [0.05, 0.1) is 5.92 Å². The SMILES string of the molecule is O=C(N[C@@H]1CCC[C@@H]1C(=O)N1CCCC[C@H]1C(=O)O)OCC1c2ccccc2-c2ccccc21. The van der Waals surface area contributed by atoms with Crippen molar-refractivity contribution in [3.05, 3.63) is 59.7 Å². The van der Waals surface area contributed by atoms with Gasteiger partial charge in [0.1, 0.15) is 12.6 Å². The second-order valence-electron chi connectivity index (χ2n) is 9.50. The highest BCUT2D eigenvalue weighted by molar-refractivity contribution is 5.86. The summed E-state index contributed by atoms with van der Waals surface area (Å²) in [6.45, 7) is 0.683. The zero-order valence-electron chi connectivity index (χ0n) is 19.1. The number of ether oxygens (including phenoxy) is 1. The molecular weight excluding hydrogens is 432 g/mol. The molecule has 1 aliphatic heterocycles. The number of aliphatic carboxylic acids is 1. The van der Waals surface area contributed by atoms with Gasteiger partial charge < -0.3 is 20.1 Å². The first-order valence-corrected chi connectivity index (χ1v) is 12.2. The van der Waals surface area contributed by atoms with Gasteiger partial charge in [-0.2, -0.15) is 0 Å². The highest BCUT2D eigenvalue weighted by Crippen LogP contribution is 2.44. The second-order valence-corrected chi connectivity index (χ2v) is 9.50. The third-order valence-electron chi connectivity index (χ3n) is 7.55. The number of carbonyl (C=O) groups excluding carboxylic acids is 2. The van der Waals surface area contributed by atoms with Crippen molar-refractivity contribution < 1.29 is 24.2 Å². The summed E-state index contributed by atoms with van der Waals surface area (Å²) in [6, 6.07) is 15.3. The third-order valence-corrected chi connectivity index (χ3v) is 7.55. The molecule has 5 rings (SSSR count). The summed E-state index contributed by atoms with van der Waals surface area (Å²) in [6.07, 6.45) is 3.73. The average molecular weight is 463 g/mol. The zero-order valence-corrected chi connectivity index (χ0v) is 19.1. The van der Waals surface area contributed by atoms with E-state index in [0.717, 1.165) is 30.4 Å². The van der Waals surface area contributed by atoms with E-state index in [0.29, 0.717) is 25.8 Å². The van der Waals surface area contributed by atoms with Crippen LogP contribution in [0.3, 0.4) is 0 Å². The first-order valence-electron chi connectivity index (χ1n) is 12.2. The van der Waals surface area contributed by atoms with Gasteiger partial charge in [0.25, 0.3) is 0 Å². The Morgan fingerprint density at radius 2 is 1.59 bits per heavy atom. The van der Waals surface area contributed by atoms with Crippen LogP contribution in [-0.2, 0) is 14.3 Å². The number of fused-ring (bicyclic) bond motifs is 3. The molecule has 2 aromatic rings. The molecular formula is C27H30N2O5. The lowest BCUT2D eigenvalue weighted by Crippen LogP contribution is -2.53. The second kappa shape index (κ2) is 9.49. The van der Waals surface area contributed by atoms with E-state index in [2.05, 4.69) is 29.6 Å². The van der Waals surface area contributed by atoms with E-state index in [1.54, 1.807) is 0 Å². The summed E-state index contributed by atoms with van der Waals surface area (Å²) < 4.78 is 5.67. The standard InChI is InChI=1S/C27H30N2O5/c30-25(29-15-6-5-14-24(29)26(31)32)21-12-7-13-23(21)28-27(33)34-16-22-19-10-3-1-8-17(19)18-9-2-4-11-20(18)22/h1-4,8-11,21-24H,5-7,12-16H2,(H,28,33)(H,31,32)/t21-,23+,24-/m0/s1. The third kappa shape index (κ3) is 4.15. The van der Waals surface area contributed by atoms with Crippen LogP contribution in [0.25, 0.3) is 11.1 Å². The maximum Gasteiger partial charge on any atom is 0.407 e. The number of hydrogen-bond donors (Lipinski definition) is 2. The Kier molecular flexibility index (Phi) is 6.26. The van der Waals surface area contributed by atoms with Crippen LogP contribution in [0.15, 0.2) is 48.5 Å². The van der Waals surface area contributed by atoms with Gasteiger partial charge in [0.2, 0.25) is 5.91 Å². The van der Waals surface area contributed by atoms with E-state index in [9.17, 15) is 19.5 Å². The molecule has 0 spiro atoms. The molecule has 2 amide bonds. The van der Waals surface area contributed by atoms with Crippen LogP contribution in [-0.4, -0.2) is 53.2 Å². The highest BCUT2D eigenvalue weighted by atomic mass is 16.5. The fourth-order valence-corrected chi connectivity index (χ4v) is 5.88. The number of carbonyl (C=O) groups is 3. The van der Waals surface area contributed by atoms with Gasteiger partial charge >= 0.3 is 12.1 Å². The van der Waals surface area contributed by atoms with Gasteiger partial charge in [-0.25, -0.2) is 9.59 Å². The normalized spacial score (nSPS) is 23.8. The van der Waals surface area contributed by atoms with Gasteiger partial charge in [-0.05, 0) is 54.4 Å². The van der Waals surface area contributed by atoms with Gasteiger partial charge in [0.15, 0.2) is 0 Å². The average Bonchev–Trinajstić information content (AvgIpc) is 3.44. The molecule has 0 aromatic heterocycles. The van der Waals surface area contributed by atoms with Crippen molar-refractivity contribution in [1.29, 1.82) is 0 Å². The summed E-state index contributed by atoms with van der Waals surface area (Å²) in [5.74, 6) is -1.54. The molecule has 2 aliphatic carbocycles. The Bertz CT molecular complexity index is 1050. The van der Waals surface area contributed by atoms with E-state index in [1.165, 1.54) is 16.0 Å². The highest BCUT2D eigenvalue weighted by Gasteiger charge is 2.41. The van der Waals surface area contributed by atoms with Crippen molar-refractivity contribution in [3.8, 4) is 11.1 Å². The zero-order chi connectivity index (χ0) is 23.7. The molecule has 34 heavy (non-hydrogen) atoms. The molecule has 3 aliphatic rings. The first-order chi connectivity index (χ1) is 16.5. The molecule has 7 nitrogen and oxygen atoms in total. The topological polar surface area (TPSA) is 95.9 Å². The Balaban J connectivity index is 1.23. The van der Waals surface area contributed by atoms with Crippen LogP contribution < -0.4 is 5.32 Å². The van der Waals surface area contributed by atoms with Crippen molar-refractivity contribution in [2.75, 3.05) is 13.2 Å². The lowest BCUT2D eigenvalue weighted by Gasteiger charge is -2.36. The molecule has 0 unspecified atom stereocenters. The molecule has 178 valence electrons. The molecule has 2 aromatic carbocycles. The molecule has 7 heteroatoms. The Morgan fingerprint density at radius 3 is 2.26 bits per heavy atom. The quantitative estimate of drug-likeness (QED) is 0.696. The number of alkyl carbamates (subject to hydrolysis) is 1. The van der Waals surface area contributed by atoms with E-state index in [-0.39, 0.29) is 24.5 Å². The fraction of sp³-hybridized carbons (Fsp3) is 0.444. The number of benzene rings is 2. The summed E-state index contributed by atoms with van der Waals surface area (Å²) in [4.78, 5) is 39.1. The minimum absolute atomic E-state index is 0.0242. The molecule has 2 N–H and O–H groups in total. The first kappa shape index (κ1) is 22.4. The van der Waals surface area contributed by atoms with Crippen molar-refractivity contribution in [2.45, 2.75) is 56.5 Å². The summed E-state index contributed by atoms with van der Waals surface area (Å²) >= 11 is 0. The molecule has 0 bridgehead atoms. The minimum Gasteiger partial charge on any atom is -0.480 e. The molecule has 2 fully saturated rings. The van der Waals surface area contributed by atoms with E-state index < -0.39 is 24.0 Å². The van der Waals surface area contributed by atoms with Gasteiger partial charge in [-0.3, -0.25) is 4.79 Å². The number of likely N-dealkylation sites (tertiary alicyclic amines) is 1. The lowest BCUT2D eigenvalue weighted by molar-refractivity contribution is -0.154. The smallest absolute Gasteiger partial charge is 0.407 e. The Morgan fingerprint density at radius 1 is 0.912 bits per heavy atom. The van der Waals surface area contributed by atoms with Crippen molar-refractivity contribution >= 4 is 18.0 Å². The number of carboxylic acid groups (broad SMARTS) is 1. The van der Waals surface area contributed by atoms with Gasteiger partial charge in [-0.1, -0.05) is 55.0 Å². The summed E-state index contributed by atoms with van der Waals surface area (Å²) in [7, 11) is 0. The Labute approximate surface area is 199 Å². The van der Waals surface area contributed by atoms with E-state index >= 15 is 0 Å². The predicted molar refractivity (Wildman–Crippen MR) is 126 cm³/mol. The number of carboxylic acids is 1. The molecule has 0 radical (unpaired) electrons. The number of nitrogens with one attached hydrogen (secondary N) is 1. The van der Waals surface area contributed by atoms with Crippen LogP contribution in [0.1, 0.15) is 55.6 Å². The minimum atomic E-state index is -0.952. The Hall–Kier alpha value is -3.35. The van der Waals surface area contributed by atoms with E-state index in [1.807, 2.05) is 24.3 Å². The molecule has 1 heterocycles. The van der Waals surface area contributed by atoms with Crippen LogP contribution in [0.4, 0.5) is 4.79 Å². The summed E-state index contributed by atoms with van der Waals surface area (Å²) in [5, 5.41) is 12.5. The lowest BCUT2D eigenvalue weighted by atomic mass is 9.96. The van der Waals surface area contributed by atoms with Crippen molar-refractivity contribution in [3.63, 3.8) is 0 Å². The summed E-state index contributed by atoms with van der Waals surface area (Å²) in [5.41, 5.74) is 4.64. The monoisotopic (exact) mass is 462 g/mol. The number of hydrogen-bond acceptors (Lipinski definition) is 4. The predicted octanol–water partition coefficient (Wildman–Crippen LogP) is 4.16. The maximum atomic E-state index is 13.2. The maximum absolute atomic E-state index is 13.2.